The van der Waals surface area contributed by atoms with E-state index in [4.69, 9.17) is 0 Å². The molecule has 144 valence electrons. The Balaban J connectivity index is 1.72. The van der Waals surface area contributed by atoms with Crippen LogP contribution in [0.5, 0.6) is 0 Å². The first-order valence-electron chi connectivity index (χ1n) is 8.12. The van der Waals surface area contributed by atoms with Crippen molar-refractivity contribution < 1.29 is 13.2 Å². The molecule has 0 saturated carbocycles. The van der Waals surface area contributed by atoms with E-state index in [1.54, 1.807) is 35.3 Å². The number of thioether (sulfide) groups is 1. The standard InChI is InChI=1S/C19H17N3O3S3/c1-26-15-10-8-14(9-11-15)13-20-21-19(23)16-5-2-3-6-17(16)22-28(24,25)18-7-4-12-27-18/h2-13,22H,1H3,(H,21,23)/b20-13+. The number of amides is 1. The zero-order valence-corrected chi connectivity index (χ0v) is 17.3. The van der Waals surface area contributed by atoms with Crippen LogP contribution in [0.3, 0.4) is 0 Å². The molecule has 0 saturated heterocycles. The number of carbonyl (C=O) groups excluding carboxylic acids is 1. The molecule has 0 bridgehead atoms. The number of nitrogens with one attached hydrogen (secondary N) is 2. The third-order valence-corrected chi connectivity index (χ3v) is 7.18. The average Bonchev–Trinajstić information content (AvgIpc) is 3.24. The Morgan fingerprint density at radius 1 is 1.07 bits per heavy atom. The van der Waals surface area contributed by atoms with Crippen molar-refractivity contribution in [1.82, 2.24) is 5.43 Å². The summed E-state index contributed by atoms with van der Waals surface area (Å²) in [6, 6.07) is 17.2. The third-order valence-electron chi connectivity index (χ3n) is 3.67. The number of carbonyl (C=O) groups is 1. The molecule has 28 heavy (non-hydrogen) atoms. The summed E-state index contributed by atoms with van der Waals surface area (Å²) in [6.45, 7) is 0. The Labute approximate surface area is 171 Å². The van der Waals surface area contributed by atoms with Gasteiger partial charge in [0.05, 0.1) is 17.5 Å². The van der Waals surface area contributed by atoms with Crippen LogP contribution in [0.2, 0.25) is 0 Å². The average molecular weight is 432 g/mol. The molecule has 1 amide bonds. The summed E-state index contributed by atoms with van der Waals surface area (Å²) in [5.41, 5.74) is 3.63. The second kappa shape index (κ2) is 9.05. The number of hydrazone groups is 1. The highest BCUT2D eigenvalue weighted by molar-refractivity contribution is 7.98. The van der Waals surface area contributed by atoms with E-state index in [2.05, 4.69) is 15.2 Å². The molecule has 1 aromatic heterocycles. The highest BCUT2D eigenvalue weighted by Crippen LogP contribution is 2.22. The van der Waals surface area contributed by atoms with Crippen molar-refractivity contribution in [2.45, 2.75) is 9.10 Å². The summed E-state index contributed by atoms with van der Waals surface area (Å²) >= 11 is 2.74. The Morgan fingerprint density at radius 2 is 1.82 bits per heavy atom. The van der Waals surface area contributed by atoms with Gasteiger partial charge in [0.1, 0.15) is 4.21 Å². The van der Waals surface area contributed by atoms with Crippen molar-refractivity contribution in [2.75, 3.05) is 11.0 Å². The van der Waals surface area contributed by atoms with Crippen molar-refractivity contribution >= 4 is 50.9 Å². The van der Waals surface area contributed by atoms with Gasteiger partial charge in [0.25, 0.3) is 15.9 Å². The quantitative estimate of drug-likeness (QED) is 0.336. The van der Waals surface area contributed by atoms with Gasteiger partial charge in [-0.3, -0.25) is 9.52 Å². The van der Waals surface area contributed by atoms with E-state index in [0.29, 0.717) is 0 Å². The molecular formula is C19H17N3O3S3. The van der Waals surface area contributed by atoms with E-state index in [-0.39, 0.29) is 15.5 Å². The van der Waals surface area contributed by atoms with Crippen molar-refractivity contribution in [3.63, 3.8) is 0 Å². The van der Waals surface area contributed by atoms with Crippen LogP contribution < -0.4 is 10.1 Å². The monoisotopic (exact) mass is 431 g/mol. The van der Waals surface area contributed by atoms with Crippen molar-refractivity contribution in [3.05, 3.63) is 77.2 Å². The Bertz CT molecular complexity index is 1080. The SMILES string of the molecule is CSc1ccc(/C=N/NC(=O)c2ccccc2NS(=O)(=O)c2cccs2)cc1. The van der Waals surface area contributed by atoms with Crippen LogP contribution in [-0.2, 0) is 10.0 Å². The topological polar surface area (TPSA) is 87.6 Å². The Hall–Kier alpha value is -2.62. The maximum atomic E-state index is 12.5. The fourth-order valence-electron chi connectivity index (χ4n) is 2.30. The molecule has 0 aliphatic heterocycles. The molecule has 2 aromatic carbocycles. The first-order chi connectivity index (χ1) is 13.5. The van der Waals surface area contributed by atoms with E-state index in [9.17, 15) is 13.2 Å². The number of nitrogens with zero attached hydrogens (tertiary/aromatic N) is 1. The third kappa shape index (κ3) is 5.00. The van der Waals surface area contributed by atoms with Crippen molar-refractivity contribution in [1.29, 1.82) is 0 Å². The molecular weight excluding hydrogens is 414 g/mol. The maximum Gasteiger partial charge on any atom is 0.273 e. The molecule has 9 heteroatoms. The highest BCUT2D eigenvalue weighted by atomic mass is 32.2. The van der Waals surface area contributed by atoms with Crippen LogP contribution >= 0.6 is 23.1 Å². The van der Waals surface area contributed by atoms with Crippen LogP contribution in [-0.4, -0.2) is 26.8 Å². The van der Waals surface area contributed by atoms with E-state index in [0.717, 1.165) is 21.8 Å². The zero-order chi connectivity index (χ0) is 20.0. The number of anilines is 1. The molecule has 0 spiro atoms. The fourth-order valence-corrected chi connectivity index (χ4v) is 4.78. The first kappa shape index (κ1) is 20.1. The number of sulfonamides is 1. The maximum absolute atomic E-state index is 12.5. The lowest BCUT2D eigenvalue weighted by molar-refractivity contribution is 0.0956. The number of thiophene rings is 1. The first-order valence-corrected chi connectivity index (χ1v) is 11.7. The summed E-state index contributed by atoms with van der Waals surface area (Å²) in [4.78, 5) is 13.6. The largest absolute Gasteiger partial charge is 0.278 e. The molecule has 3 rings (SSSR count). The van der Waals surface area contributed by atoms with Crippen LogP contribution in [0.25, 0.3) is 0 Å². The molecule has 0 aliphatic carbocycles. The molecule has 0 radical (unpaired) electrons. The van der Waals surface area contributed by atoms with E-state index < -0.39 is 15.9 Å². The Morgan fingerprint density at radius 3 is 2.50 bits per heavy atom. The molecule has 0 aliphatic rings. The number of benzene rings is 2. The van der Waals surface area contributed by atoms with Gasteiger partial charge in [-0.25, -0.2) is 13.8 Å². The van der Waals surface area contributed by atoms with Gasteiger partial charge in [0.2, 0.25) is 0 Å². The summed E-state index contributed by atoms with van der Waals surface area (Å²) in [6.07, 6.45) is 3.52. The van der Waals surface area contributed by atoms with Gasteiger partial charge >= 0.3 is 0 Å². The minimum Gasteiger partial charge on any atom is -0.278 e. The van der Waals surface area contributed by atoms with Gasteiger partial charge in [-0.05, 0) is 47.5 Å². The number of hydrogen-bond acceptors (Lipinski definition) is 6. The smallest absolute Gasteiger partial charge is 0.273 e. The number of hydrogen-bond donors (Lipinski definition) is 2. The molecule has 3 aromatic rings. The second-order valence-corrected chi connectivity index (χ2v) is 9.29. The van der Waals surface area contributed by atoms with Crippen molar-refractivity contribution in [2.24, 2.45) is 5.10 Å². The summed E-state index contributed by atoms with van der Waals surface area (Å²) < 4.78 is 27.5. The van der Waals surface area contributed by atoms with Gasteiger partial charge in [-0.1, -0.05) is 30.3 Å². The van der Waals surface area contributed by atoms with Crippen LogP contribution in [0.4, 0.5) is 5.69 Å². The van der Waals surface area contributed by atoms with E-state index >= 15 is 0 Å². The van der Waals surface area contributed by atoms with Gasteiger partial charge in [0.15, 0.2) is 0 Å². The molecule has 0 fully saturated rings. The van der Waals surface area contributed by atoms with Gasteiger partial charge in [-0.2, -0.15) is 5.10 Å². The number of para-hydroxylation sites is 1. The highest BCUT2D eigenvalue weighted by Gasteiger charge is 2.19. The normalized spacial score (nSPS) is 11.5. The van der Waals surface area contributed by atoms with Crippen LogP contribution in [0, 0.1) is 0 Å². The zero-order valence-electron chi connectivity index (χ0n) is 14.8. The van der Waals surface area contributed by atoms with Gasteiger partial charge < -0.3 is 0 Å². The van der Waals surface area contributed by atoms with Crippen LogP contribution in [0.15, 0.2) is 80.2 Å². The molecule has 1 heterocycles. The summed E-state index contributed by atoms with van der Waals surface area (Å²) in [7, 11) is -3.75. The predicted octanol–water partition coefficient (Wildman–Crippen LogP) is 4.03. The summed E-state index contributed by atoms with van der Waals surface area (Å²) in [5, 5.41) is 5.63. The summed E-state index contributed by atoms with van der Waals surface area (Å²) in [5.74, 6) is -0.513. The van der Waals surface area contributed by atoms with E-state index in [1.807, 2.05) is 30.5 Å². The second-order valence-electron chi connectivity index (χ2n) is 5.56. The lowest BCUT2D eigenvalue weighted by Gasteiger charge is -2.10. The lowest BCUT2D eigenvalue weighted by atomic mass is 10.2. The predicted molar refractivity (Wildman–Crippen MR) is 115 cm³/mol. The Kier molecular flexibility index (Phi) is 6.50. The van der Waals surface area contributed by atoms with Gasteiger partial charge in [0, 0.05) is 4.90 Å². The molecule has 0 unspecified atom stereocenters. The molecule has 6 nitrogen and oxygen atoms in total. The van der Waals surface area contributed by atoms with Gasteiger partial charge in [-0.15, -0.1) is 23.1 Å². The number of rotatable bonds is 7. The lowest BCUT2D eigenvalue weighted by Crippen LogP contribution is -2.21. The van der Waals surface area contributed by atoms with E-state index in [1.165, 1.54) is 24.4 Å². The minimum absolute atomic E-state index is 0.175. The molecule has 0 atom stereocenters. The van der Waals surface area contributed by atoms with Crippen LogP contribution in [0.1, 0.15) is 15.9 Å². The van der Waals surface area contributed by atoms with Crippen molar-refractivity contribution in [3.8, 4) is 0 Å². The minimum atomic E-state index is -3.75. The molecule has 2 N–H and O–H groups in total. The fraction of sp³-hybridized carbons (Fsp3) is 0.0526.